The summed E-state index contributed by atoms with van der Waals surface area (Å²) in [7, 11) is 3.04. The molecule has 1 aliphatic rings. The Morgan fingerprint density at radius 1 is 1.19 bits per heavy atom. The molecule has 1 aliphatic carbocycles. The van der Waals surface area contributed by atoms with Gasteiger partial charge in [-0.1, -0.05) is 55.7 Å². The summed E-state index contributed by atoms with van der Waals surface area (Å²) in [5.74, 6) is -0.553. The maximum absolute atomic E-state index is 12.3. The van der Waals surface area contributed by atoms with Crippen LogP contribution in [0.4, 0.5) is 0 Å². The van der Waals surface area contributed by atoms with E-state index < -0.39 is 12.2 Å². The van der Waals surface area contributed by atoms with Crippen LogP contribution in [-0.2, 0) is 32.1 Å². The molecular formula is C25H36O6. The monoisotopic (exact) mass is 432 g/mol. The first-order valence-corrected chi connectivity index (χ1v) is 11.1. The van der Waals surface area contributed by atoms with Crippen molar-refractivity contribution < 1.29 is 29.3 Å². The Labute approximate surface area is 185 Å². The molecule has 0 radical (unpaired) electrons. The molecule has 0 bridgehead atoms. The molecule has 31 heavy (non-hydrogen) atoms. The van der Waals surface area contributed by atoms with Crippen LogP contribution >= 0.6 is 0 Å². The van der Waals surface area contributed by atoms with Gasteiger partial charge in [0.2, 0.25) is 0 Å². The van der Waals surface area contributed by atoms with Crippen molar-refractivity contribution in [2.75, 3.05) is 14.2 Å². The van der Waals surface area contributed by atoms with Crippen LogP contribution < -0.4 is 0 Å². The molecule has 0 spiro atoms. The first-order valence-electron chi connectivity index (χ1n) is 11.1. The van der Waals surface area contributed by atoms with E-state index in [1.54, 1.807) is 13.2 Å². The molecule has 0 unspecified atom stereocenters. The molecule has 1 aromatic rings. The van der Waals surface area contributed by atoms with Crippen LogP contribution in [0.25, 0.3) is 0 Å². The van der Waals surface area contributed by atoms with Crippen molar-refractivity contribution in [3.63, 3.8) is 0 Å². The molecule has 2 rings (SSSR count). The Bertz CT molecular complexity index is 728. The molecule has 0 aromatic heterocycles. The zero-order valence-electron chi connectivity index (χ0n) is 18.7. The van der Waals surface area contributed by atoms with Gasteiger partial charge in [-0.15, -0.1) is 0 Å². The third-order valence-corrected chi connectivity index (χ3v) is 5.91. The van der Waals surface area contributed by atoms with E-state index in [0.717, 1.165) is 43.2 Å². The van der Waals surface area contributed by atoms with Gasteiger partial charge >= 0.3 is 5.97 Å². The van der Waals surface area contributed by atoms with E-state index >= 15 is 0 Å². The van der Waals surface area contributed by atoms with Crippen molar-refractivity contribution in [1.82, 2.24) is 0 Å². The van der Waals surface area contributed by atoms with E-state index in [1.807, 2.05) is 30.3 Å². The van der Waals surface area contributed by atoms with Crippen molar-refractivity contribution in [3.05, 3.63) is 47.5 Å². The smallest absolute Gasteiger partial charge is 0.305 e. The van der Waals surface area contributed by atoms with Crippen molar-refractivity contribution in [3.8, 4) is 0 Å². The molecule has 172 valence electrons. The van der Waals surface area contributed by atoms with Crippen molar-refractivity contribution in [2.24, 2.45) is 11.8 Å². The third kappa shape index (κ3) is 8.56. The molecule has 1 saturated carbocycles. The summed E-state index contributed by atoms with van der Waals surface area (Å²) in [4.78, 5) is 23.5. The molecule has 1 fully saturated rings. The second-order valence-electron chi connectivity index (χ2n) is 8.36. The number of methoxy groups -OCH3 is 2. The van der Waals surface area contributed by atoms with E-state index in [2.05, 4.69) is 4.74 Å². The van der Waals surface area contributed by atoms with Gasteiger partial charge in [0.25, 0.3) is 0 Å². The van der Waals surface area contributed by atoms with Crippen molar-refractivity contribution in [1.29, 1.82) is 0 Å². The lowest BCUT2D eigenvalue weighted by molar-refractivity contribution is -0.140. The van der Waals surface area contributed by atoms with Crippen molar-refractivity contribution >= 4 is 11.8 Å². The van der Waals surface area contributed by atoms with Crippen LogP contribution in [0.1, 0.15) is 56.1 Å². The first-order chi connectivity index (χ1) is 14.9. The summed E-state index contributed by atoms with van der Waals surface area (Å²) in [5, 5.41) is 20.8. The van der Waals surface area contributed by atoms with E-state index in [9.17, 15) is 19.8 Å². The van der Waals surface area contributed by atoms with E-state index in [1.165, 1.54) is 7.11 Å². The van der Waals surface area contributed by atoms with Gasteiger partial charge in [0, 0.05) is 38.2 Å². The number of rotatable bonds is 13. The van der Waals surface area contributed by atoms with Gasteiger partial charge in [-0.3, -0.25) is 9.59 Å². The minimum Gasteiger partial charge on any atom is -0.469 e. The standard InChI is InChI=1S/C25H36O6/c1-30-17-19-9-7-8-18(14-19)15-20(26)12-13-22-21(23(27)16-24(22)28)10-5-3-4-6-11-25(29)31-2/h7-9,12-14,20-22,24,26,28H,3-6,10-11,15-17H2,1-2H3/b13-12+/t20-,21-,22-,24-/m1/s1. The highest BCUT2D eigenvalue weighted by Gasteiger charge is 2.39. The lowest BCUT2D eigenvalue weighted by Crippen LogP contribution is -2.19. The van der Waals surface area contributed by atoms with Crippen LogP contribution in [0.2, 0.25) is 0 Å². The molecule has 1 aromatic carbocycles. The lowest BCUT2D eigenvalue weighted by atomic mass is 9.88. The number of hydrogen-bond donors (Lipinski definition) is 2. The molecular weight excluding hydrogens is 396 g/mol. The minimum atomic E-state index is -0.690. The van der Waals surface area contributed by atoms with Crippen LogP contribution in [0.3, 0.4) is 0 Å². The fourth-order valence-corrected chi connectivity index (χ4v) is 4.26. The number of carbonyl (C=O) groups excluding carboxylic acids is 2. The molecule has 6 nitrogen and oxygen atoms in total. The molecule has 0 saturated heterocycles. The number of unbranched alkanes of at least 4 members (excludes halogenated alkanes) is 3. The Kier molecular flexibility index (Phi) is 10.9. The lowest BCUT2D eigenvalue weighted by Gasteiger charge is -2.18. The predicted molar refractivity (Wildman–Crippen MR) is 118 cm³/mol. The number of Topliss-reactive ketones (excluding diaryl/α,β-unsaturated/α-hetero) is 1. The fourth-order valence-electron chi connectivity index (χ4n) is 4.26. The van der Waals surface area contributed by atoms with Crippen LogP contribution in [0, 0.1) is 11.8 Å². The van der Waals surface area contributed by atoms with Gasteiger partial charge < -0.3 is 19.7 Å². The van der Waals surface area contributed by atoms with Gasteiger partial charge in [-0.2, -0.15) is 0 Å². The summed E-state index contributed by atoms with van der Waals surface area (Å²) in [6, 6.07) is 7.90. The Morgan fingerprint density at radius 2 is 1.94 bits per heavy atom. The van der Waals surface area contributed by atoms with Crippen LogP contribution in [0.15, 0.2) is 36.4 Å². The number of ketones is 1. The number of ether oxygens (including phenoxy) is 2. The van der Waals surface area contributed by atoms with Gasteiger partial charge in [0.15, 0.2) is 0 Å². The fraction of sp³-hybridized carbons (Fsp3) is 0.600. The zero-order valence-corrected chi connectivity index (χ0v) is 18.7. The summed E-state index contributed by atoms with van der Waals surface area (Å²) < 4.78 is 9.78. The number of carbonyl (C=O) groups is 2. The van der Waals surface area contributed by atoms with Crippen LogP contribution in [-0.4, -0.2) is 48.4 Å². The normalized spacial score (nSPS) is 22.2. The second kappa shape index (κ2) is 13.4. The van der Waals surface area contributed by atoms with E-state index in [-0.39, 0.29) is 30.0 Å². The van der Waals surface area contributed by atoms with E-state index in [0.29, 0.717) is 19.4 Å². The zero-order chi connectivity index (χ0) is 22.6. The summed E-state index contributed by atoms with van der Waals surface area (Å²) in [5.41, 5.74) is 2.07. The van der Waals surface area contributed by atoms with Gasteiger partial charge in [0.05, 0.1) is 25.9 Å². The number of benzene rings is 1. The largest absolute Gasteiger partial charge is 0.469 e. The third-order valence-electron chi connectivity index (χ3n) is 5.91. The molecule has 2 N–H and O–H groups in total. The molecule has 0 heterocycles. The number of aliphatic hydroxyl groups excluding tert-OH is 2. The predicted octanol–water partition coefficient (Wildman–Crippen LogP) is 3.37. The number of esters is 1. The quantitative estimate of drug-likeness (QED) is 0.282. The summed E-state index contributed by atoms with van der Waals surface area (Å²) in [6.45, 7) is 0.528. The SMILES string of the molecule is COCc1cccc(C[C@H](O)/C=C/[C@H]2[C@H](O)CC(=O)[C@@H]2CCCCCCC(=O)OC)c1. The molecule has 6 heteroatoms. The molecule has 0 amide bonds. The Hall–Kier alpha value is -2.02. The molecule has 0 aliphatic heterocycles. The van der Waals surface area contributed by atoms with E-state index in [4.69, 9.17) is 4.74 Å². The minimum absolute atomic E-state index is 0.0958. The first kappa shape index (κ1) is 25.2. The average Bonchev–Trinajstić information content (AvgIpc) is 3.01. The van der Waals surface area contributed by atoms with Crippen LogP contribution in [0.5, 0.6) is 0 Å². The topological polar surface area (TPSA) is 93.1 Å². The highest BCUT2D eigenvalue weighted by molar-refractivity contribution is 5.84. The molecule has 4 atom stereocenters. The van der Waals surface area contributed by atoms with Crippen molar-refractivity contribution in [2.45, 2.75) is 70.2 Å². The summed E-state index contributed by atoms with van der Waals surface area (Å²) >= 11 is 0. The maximum atomic E-state index is 12.3. The average molecular weight is 433 g/mol. The number of aliphatic hydroxyl groups is 2. The Balaban J connectivity index is 1.83. The van der Waals surface area contributed by atoms with Gasteiger partial charge in [0.1, 0.15) is 5.78 Å². The number of hydrogen-bond acceptors (Lipinski definition) is 6. The second-order valence-corrected chi connectivity index (χ2v) is 8.36. The van der Waals surface area contributed by atoms with Gasteiger partial charge in [-0.05, 0) is 24.0 Å². The Morgan fingerprint density at radius 3 is 2.68 bits per heavy atom. The van der Waals surface area contributed by atoms with Gasteiger partial charge in [-0.25, -0.2) is 0 Å². The highest BCUT2D eigenvalue weighted by atomic mass is 16.5. The highest BCUT2D eigenvalue weighted by Crippen LogP contribution is 2.34. The summed E-state index contributed by atoms with van der Waals surface area (Å²) in [6.07, 6.45) is 7.47. The maximum Gasteiger partial charge on any atom is 0.305 e.